The van der Waals surface area contributed by atoms with Crippen LogP contribution in [-0.2, 0) is 15.1 Å². The molecule has 1 fully saturated rings. The third-order valence-electron chi connectivity index (χ3n) is 17.9. The van der Waals surface area contributed by atoms with Gasteiger partial charge in [0.05, 0.1) is 45.3 Å². The molecule has 4 heterocycles. The van der Waals surface area contributed by atoms with Gasteiger partial charge in [-0.05, 0) is 138 Å². The summed E-state index contributed by atoms with van der Waals surface area (Å²) in [5.41, 5.74) is 15.6. The number of unbranched alkanes of at least 4 members (excludes halogenated alkanes) is 1. The molecule has 13 aromatic carbocycles. The number of aromatic nitrogens is 3. The molecule has 0 spiro atoms. The van der Waals surface area contributed by atoms with Gasteiger partial charge in [0.15, 0.2) is 0 Å². The molecular formula is C90H77BrLiN3O4. The normalized spacial score (nSPS) is 11.8. The van der Waals surface area contributed by atoms with Crippen LogP contribution in [0.4, 0.5) is 0 Å². The number of hydrogen-bond acceptors (Lipinski definition) is 4. The zero-order valence-electron chi connectivity index (χ0n) is 56.2. The number of benzene rings is 13. The Labute approximate surface area is 600 Å². The average molecular weight is 1350 g/mol. The average Bonchev–Trinajstić information content (AvgIpc) is 1.74. The largest absolute Gasteiger partial charge is 1.00 e. The first-order chi connectivity index (χ1) is 48.3. The zero-order chi connectivity index (χ0) is 67.2. The van der Waals surface area contributed by atoms with Crippen LogP contribution in [0.25, 0.3) is 105 Å². The van der Waals surface area contributed by atoms with Crippen molar-refractivity contribution in [3.05, 3.63) is 361 Å². The Bertz CT molecular complexity index is 5060. The summed E-state index contributed by atoms with van der Waals surface area (Å²) in [7, 11) is 0. The molecule has 99 heavy (non-hydrogen) atoms. The van der Waals surface area contributed by atoms with E-state index in [1.807, 2.05) is 67.6 Å². The molecule has 1 N–H and O–H groups in total. The molecule has 16 aromatic rings. The third-order valence-corrected chi connectivity index (χ3v) is 18.4. The van der Waals surface area contributed by atoms with Crippen molar-refractivity contribution in [2.75, 3.05) is 19.8 Å². The van der Waals surface area contributed by atoms with E-state index in [9.17, 15) is 9.90 Å². The molecule has 0 amide bonds. The third kappa shape index (κ3) is 14.5. The summed E-state index contributed by atoms with van der Waals surface area (Å²) in [5, 5.41) is 21.1. The fourth-order valence-corrected chi connectivity index (χ4v) is 13.7. The molecule has 0 aliphatic carbocycles. The summed E-state index contributed by atoms with van der Waals surface area (Å²) in [6.07, 6.45) is 4.83. The molecule has 0 radical (unpaired) electrons. The first-order valence-electron chi connectivity index (χ1n) is 33.8. The van der Waals surface area contributed by atoms with Crippen molar-refractivity contribution < 1.29 is 38.2 Å². The molecule has 0 atom stereocenters. The van der Waals surface area contributed by atoms with Crippen molar-refractivity contribution in [1.82, 2.24) is 13.7 Å². The van der Waals surface area contributed by atoms with Crippen molar-refractivity contribution in [3.63, 3.8) is 0 Å². The van der Waals surface area contributed by atoms with Gasteiger partial charge in [-0.1, -0.05) is 272 Å². The summed E-state index contributed by atoms with van der Waals surface area (Å²) in [6.45, 7) is 9.92. The molecule has 9 heteroatoms. The minimum absolute atomic E-state index is 0. The number of para-hydroxylation sites is 6. The van der Waals surface area contributed by atoms with Crippen LogP contribution in [0.5, 0.6) is 0 Å². The second-order valence-corrected chi connectivity index (χ2v) is 25.0. The number of ether oxygens (including phenoxy) is 2. The Balaban J connectivity index is 0.000000160. The van der Waals surface area contributed by atoms with Crippen LogP contribution in [0.1, 0.15) is 66.6 Å². The van der Waals surface area contributed by atoms with Crippen molar-refractivity contribution in [1.29, 1.82) is 0 Å². The fraction of sp³-hybridized carbons (Fsp3) is 0.111. The quantitative estimate of drug-likeness (QED) is 0.0606. The molecule has 3 aromatic heterocycles. The number of rotatable bonds is 11. The smallest absolute Gasteiger partial charge is 0.462 e. The Morgan fingerprint density at radius 3 is 1.13 bits per heavy atom. The topological polar surface area (TPSA) is 70.6 Å². The van der Waals surface area contributed by atoms with Gasteiger partial charge in [0, 0.05) is 72.6 Å². The zero-order valence-corrected chi connectivity index (χ0v) is 57.8. The number of hydrogen-bond donors (Lipinski definition) is 1. The van der Waals surface area contributed by atoms with Gasteiger partial charge in [0.2, 0.25) is 0 Å². The first-order valence-corrected chi connectivity index (χ1v) is 34.6. The van der Waals surface area contributed by atoms with Crippen LogP contribution in [0.2, 0.25) is 0 Å². The molecule has 1 aliphatic rings. The van der Waals surface area contributed by atoms with Crippen LogP contribution in [0, 0.1) is 6.92 Å². The number of halogens is 1. The van der Waals surface area contributed by atoms with Gasteiger partial charge in [0.25, 0.3) is 0 Å². The van der Waals surface area contributed by atoms with Crippen molar-refractivity contribution >= 4 is 87.3 Å². The molecular weight excluding hydrogens is 1270 g/mol. The number of fused-ring (bicyclic) bond motifs is 9. The molecule has 1 saturated heterocycles. The number of nitrogens with zero attached hydrogens (tertiary/aromatic N) is 3. The minimum Gasteiger partial charge on any atom is -0.462 e. The number of carbonyl (C=O) groups excluding carboxylic acids is 1. The maximum atomic E-state index is 13.7. The van der Waals surface area contributed by atoms with E-state index in [4.69, 9.17) is 9.47 Å². The van der Waals surface area contributed by atoms with Gasteiger partial charge in [-0.3, -0.25) is 0 Å². The maximum Gasteiger partial charge on any atom is 1.00 e. The van der Waals surface area contributed by atoms with Crippen LogP contribution < -0.4 is 18.9 Å². The van der Waals surface area contributed by atoms with Gasteiger partial charge in [-0.25, -0.2) is 4.79 Å². The molecule has 0 bridgehead atoms. The maximum absolute atomic E-state index is 13.7. The molecule has 484 valence electrons. The van der Waals surface area contributed by atoms with E-state index in [1.165, 1.54) is 68.3 Å². The summed E-state index contributed by atoms with van der Waals surface area (Å²) in [6, 6.07) is 113. The minimum atomic E-state index is -1.52. The van der Waals surface area contributed by atoms with Gasteiger partial charge >= 0.3 is 24.8 Å². The summed E-state index contributed by atoms with van der Waals surface area (Å²) >= 11 is 3.56. The Morgan fingerprint density at radius 1 is 0.424 bits per heavy atom. The monoisotopic (exact) mass is 1350 g/mol. The van der Waals surface area contributed by atoms with Crippen molar-refractivity contribution in [2.24, 2.45) is 0 Å². The Kier molecular flexibility index (Phi) is 22.5. The van der Waals surface area contributed by atoms with E-state index < -0.39 is 5.60 Å². The second kappa shape index (κ2) is 32.4. The van der Waals surface area contributed by atoms with E-state index in [-0.39, 0.29) is 24.8 Å². The molecule has 0 unspecified atom stereocenters. The molecule has 17 rings (SSSR count). The Hall–Kier alpha value is -10.3. The summed E-state index contributed by atoms with van der Waals surface area (Å²) < 4.78 is 18.0. The molecule has 7 nitrogen and oxygen atoms in total. The van der Waals surface area contributed by atoms with Gasteiger partial charge in [0.1, 0.15) is 5.60 Å². The van der Waals surface area contributed by atoms with E-state index in [1.54, 1.807) is 6.07 Å². The predicted molar refractivity (Wildman–Crippen MR) is 412 cm³/mol. The SMILES string of the molecule is Brc1cccc(-n2c3ccccc3c3ccccc32)c1.C1CCOC1.CCOC(=O)c1ccccc1-c1ccccc1.OC(c1cccc(-n2c3ccccc3c3ccccc32)c1)(c1cccc(-n2c3ccccc3c3ccccc32)c1)c1ccccc1-c1ccccc1.[CH2-]CCC.[Li+]. The van der Waals surface area contributed by atoms with Gasteiger partial charge in [-0.15, -0.1) is 0 Å². The van der Waals surface area contributed by atoms with Crippen molar-refractivity contribution in [3.8, 4) is 39.3 Å². The summed E-state index contributed by atoms with van der Waals surface area (Å²) in [5.74, 6) is -0.271. The number of aliphatic hydroxyl groups is 1. The second-order valence-electron chi connectivity index (χ2n) is 24.1. The van der Waals surface area contributed by atoms with Crippen molar-refractivity contribution in [2.45, 2.75) is 45.1 Å². The van der Waals surface area contributed by atoms with E-state index in [0.717, 1.165) is 96.5 Å². The molecule has 0 saturated carbocycles. The Morgan fingerprint density at radius 2 is 0.758 bits per heavy atom. The van der Waals surface area contributed by atoms with E-state index in [2.05, 4.69) is 304 Å². The number of esters is 1. The predicted octanol–water partition coefficient (Wildman–Crippen LogP) is 20.3. The van der Waals surface area contributed by atoms with Crippen LogP contribution in [0.3, 0.4) is 0 Å². The molecule has 1 aliphatic heterocycles. The van der Waals surface area contributed by atoms with E-state index in [0.29, 0.717) is 12.2 Å². The summed E-state index contributed by atoms with van der Waals surface area (Å²) in [4.78, 5) is 11.8. The van der Waals surface area contributed by atoms with Crippen LogP contribution in [-0.4, -0.2) is 44.6 Å². The van der Waals surface area contributed by atoms with Crippen LogP contribution >= 0.6 is 15.9 Å². The first kappa shape index (κ1) is 68.7. The van der Waals surface area contributed by atoms with E-state index >= 15 is 0 Å². The van der Waals surface area contributed by atoms with Gasteiger partial charge < -0.3 is 35.2 Å². The number of carbonyl (C=O) groups is 1. The fourth-order valence-electron chi connectivity index (χ4n) is 13.4. The standard InChI is InChI=1S/C49H34N2O.C18H12BrN.C15H14O2.C4H8O.C4H9.Li/c52-49(44-27-9-4-22-39(44)34-16-2-1-3-17-34,35-18-14-20-37(32-35)50-45-28-10-5-23-40(45)41-24-6-11-29-46(41)50)36-19-15-21-38(33-36)51-47-30-12-7-25-42(47)43-26-8-13-31-48(43)51;19-13-6-5-7-14(12-13)20-17-10-3-1-8-15(17)16-9-2-4-11-18(16)20;1-2-17-15(16)14-11-7-6-10-13(14)12-8-4-3-5-9-12;1-2-4-5-3-1;1-3-4-2;/h1-33,52H;1-12H;3-11H,2H2,1H3;1-4H2;1,3-4H2,2H3;/q;;;;-1;+1. The van der Waals surface area contributed by atoms with Crippen LogP contribution in [0.15, 0.2) is 332 Å². The van der Waals surface area contributed by atoms with Gasteiger partial charge in [-0.2, -0.15) is 6.42 Å².